The number of halogens is 1. The van der Waals surface area contributed by atoms with Gasteiger partial charge in [0.2, 0.25) is 5.82 Å². The van der Waals surface area contributed by atoms with Crippen molar-refractivity contribution in [1.82, 2.24) is 9.55 Å². The fraction of sp³-hybridized carbons (Fsp3) is 0.182. The average Bonchev–Trinajstić information content (AvgIpc) is 2.76. The first-order valence-electron chi connectivity index (χ1n) is 5.30. The highest BCUT2D eigenvalue weighted by Crippen LogP contribution is 2.26. The minimum Gasteiger partial charge on any atom is -0.330 e. The van der Waals surface area contributed by atoms with E-state index in [1.165, 1.54) is 22.9 Å². The van der Waals surface area contributed by atoms with Crippen LogP contribution in [0.5, 0.6) is 0 Å². The Balaban J connectivity index is 2.60. The molecule has 0 aliphatic rings. The summed E-state index contributed by atoms with van der Waals surface area (Å²) in [4.78, 5) is 14.2. The number of hydrogen-bond donors (Lipinski definition) is 1. The monoisotopic (exact) mass is 250 g/mol. The van der Waals surface area contributed by atoms with Crippen molar-refractivity contribution in [1.29, 1.82) is 0 Å². The van der Waals surface area contributed by atoms with Gasteiger partial charge in [0.15, 0.2) is 0 Å². The van der Waals surface area contributed by atoms with Gasteiger partial charge in [0, 0.05) is 18.8 Å². The lowest BCUT2D eigenvalue weighted by Crippen LogP contribution is -2.10. The van der Waals surface area contributed by atoms with Gasteiger partial charge in [-0.2, -0.15) is 4.39 Å². The molecule has 1 aromatic carbocycles. The van der Waals surface area contributed by atoms with E-state index in [1.54, 1.807) is 6.20 Å². The number of rotatable bonds is 4. The third-order valence-corrected chi connectivity index (χ3v) is 2.49. The molecule has 2 rings (SSSR count). The molecule has 0 radical (unpaired) electrons. The van der Waals surface area contributed by atoms with Crippen LogP contribution in [0.15, 0.2) is 30.6 Å². The van der Waals surface area contributed by atoms with Gasteiger partial charge in [-0.1, -0.05) is 6.07 Å². The van der Waals surface area contributed by atoms with Crippen molar-refractivity contribution in [3.63, 3.8) is 0 Å². The minimum absolute atomic E-state index is 0.154. The summed E-state index contributed by atoms with van der Waals surface area (Å²) in [5, 5.41) is 10.9. The second-order valence-corrected chi connectivity index (χ2v) is 3.62. The molecular weight excluding hydrogens is 239 g/mol. The lowest BCUT2D eigenvalue weighted by atomic mass is 10.2. The predicted octanol–water partition coefficient (Wildman–Crippen LogP) is 1.42. The van der Waals surface area contributed by atoms with Crippen LogP contribution in [-0.2, 0) is 6.42 Å². The second kappa shape index (κ2) is 4.92. The van der Waals surface area contributed by atoms with E-state index in [0.29, 0.717) is 18.8 Å². The van der Waals surface area contributed by atoms with E-state index in [9.17, 15) is 14.5 Å². The SMILES string of the molecule is NCCc1nccn1-c1cccc(F)c1[N+](=O)[O-]. The summed E-state index contributed by atoms with van der Waals surface area (Å²) in [7, 11) is 0. The van der Waals surface area contributed by atoms with Crippen molar-refractivity contribution in [2.24, 2.45) is 5.73 Å². The van der Waals surface area contributed by atoms with Crippen LogP contribution in [0.3, 0.4) is 0 Å². The van der Waals surface area contributed by atoms with Crippen molar-refractivity contribution < 1.29 is 9.31 Å². The van der Waals surface area contributed by atoms with Gasteiger partial charge >= 0.3 is 5.69 Å². The molecule has 0 amide bonds. The fourth-order valence-corrected chi connectivity index (χ4v) is 1.75. The molecule has 6 nitrogen and oxygen atoms in total. The first-order valence-corrected chi connectivity index (χ1v) is 5.30. The molecule has 0 saturated heterocycles. The van der Waals surface area contributed by atoms with Gasteiger partial charge < -0.3 is 5.73 Å². The van der Waals surface area contributed by atoms with E-state index in [2.05, 4.69) is 4.98 Å². The summed E-state index contributed by atoms with van der Waals surface area (Å²) in [6.45, 7) is 0.361. The molecule has 0 aliphatic heterocycles. The highest BCUT2D eigenvalue weighted by molar-refractivity contribution is 5.53. The van der Waals surface area contributed by atoms with Crippen molar-refractivity contribution in [3.05, 3.63) is 52.3 Å². The summed E-state index contributed by atoms with van der Waals surface area (Å²) < 4.78 is 15.0. The van der Waals surface area contributed by atoms with Gasteiger partial charge in [0.1, 0.15) is 11.5 Å². The van der Waals surface area contributed by atoms with Crippen LogP contribution >= 0.6 is 0 Å². The molecule has 1 heterocycles. The van der Waals surface area contributed by atoms with E-state index < -0.39 is 16.4 Å². The predicted molar refractivity (Wildman–Crippen MR) is 62.9 cm³/mol. The number of para-hydroxylation sites is 1. The number of aromatic nitrogens is 2. The number of nitro benzene ring substituents is 1. The zero-order chi connectivity index (χ0) is 13.1. The number of nitrogens with zero attached hydrogens (tertiary/aromatic N) is 3. The van der Waals surface area contributed by atoms with Gasteiger partial charge in [-0.05, 0) is 18.7 Å². The lowest BCUT2D eigenvalue weighted by molar-refractivity contribution is -0.387. The Labute approximate surface area is 102 Å². The van der Waals surface area contributed by atoms with Gasteiger partial charge in [-0.15, -0.1) is 0 Å². The number of benzene rings is 1. The van der Waals surface area contributed by atoms with Crippen molar-refractivity contribution in [3.8, 4) is 5.69 Å². The quantitative estimate of drug-likeness (QED) is 0.656. The average molecular weight is 250 g/mol. The molecule has 18 heavy (non-hydrogen) atoms. The van der Waals surface area contributed by atoms with Gasteiger partial charge in [0.05, 0.1) is 4.92 Å². The highest BCUT2D eigenvalue weighted by Gasteiger charge is 2.22. The molecule has 0 bridgehead atoms. The molecule has 0 atom stereocenters. The summed E-state index contributed by atoms with van der Waals surface area (Å²) in [5.41, 5.74) is 5.03. The molecule has 0 saturated carbocycles. The molecule has 0 aliphatic carbocycles. The molecule has 2 aromatic rings. The molecule has 7 heteroatoms. The minimum atomic E-state index is -0.870. The first kappa shape index (κ1) is 12.2. The van der Waals surface area contributed by atoms with Crippen molar-refractivity contribution in [2.45, 2.75) is 6.42 Å². The van der Waals surface area contributed by atoms with E-state index in [1.807, 2.05) is 0 Å². The van der Waals surface area contributed by atoms with Gasteiger partial charge in [-0.25, -0.2) is 4.98 Å². The molecule has 0 spiro atoms. The summed E-state index contributed by atoms with van der Waals surface area (Å²) in [6.07, 6.45) is 3.51. The van der Waals surface area contributed by atoms with Crippen LogP contribution in [0.4, 0.5) is 10.1 Å². The maximum absolute atomic E-state index is 13.5. The van der Waals surface area contributed by atoms with Crippen LogP contribution < -0.4 is 5.73 Å². The van der Waals surface area contributed by atoms with Crippen LogP contribution in [0.2, 0.25) is 0 Å². The fourth-order valence-electron chi connectivity index (χ4n) is 1.75. The van der Waals surface area contributed by atoms with E-state index in [0.717, 1.165) is 6.07 Å². The Morgan fingerprint density at radius 1 is 1.50 bits per heavy atom. The van der Waals surface area contributed by atoms with Crippen LogP contribution in [0.25, 0.3) is 5.69 Å². The molecular formula is C11H11FN4O2. The van der Waals surface area contributed by atoms with Crippen molar-refractivity contribution >= 4 is 5.69 Å². The molecule has 0 fully saturated rings. The largest absolute Gasteiger partial charge is 0.330 e. The molecule has 94 valence electrons. The lowest BCUT2D eigenvalue weighted by Gasteiger charge is -2.08. The molecule has 1 aromatic heterocycles. The Morgan fingerprint density at radius 3 is 2.94 bits per heavy atom. The van der Waals surface area contributed by atoms with Gasteiger partial charge in [0.25, 0.3) is 0 Å². The van der Waals surface area contributed by atoms with E-state index in [4.69, 9.17) is 5.73 Å². The highest BCUT2D eigenvalue weighted by atomic mass is 19.1. The standard InChI is InChI=1S/C11H11FN4O2/c12-8-2-1-3-9(11(8)16(17)18)15-7-6-14-10(15)4-5-13/h1-3,6-7H,4-5,13H2. The molecule has 2 N–H and O–H groups in total. The first-order chi connectivity index (χ1) is 8.65. The summed E-state index contributed by atoms with van der Waals surface area (Å²) in [6, 6.07) is 3.95. The number of nitrogens with two attached hydrogens (primary N) is 1. The zero-order valence-corrected chi connectivity index (χ0v) is 9.41. The summed E-state index contributed by atoms with van der Waals surface area (Å²) in [5.74, 6) is -0.309. The zero-order valence-electron chi connectivity index (χ0n) is 9.41. The molecule has 0 unspecified atom stereocenters. The Hall–Kier alpha value is -2.28. The number of hydrogen-bond acceptors (Lipinski definition) is 4. The van der Waals surface area contributed by atoms with E-state index in [-0.39, 0.29) is 5.69 Å². The van der Waals surface area contributed by atoms with E-state index >= 15 is 0 Å². The van der Waals surface area contributed by atoms with Crippen molar-refractivity contribution in [2.75, 3.05) is 6.54 Å². The van der Waals surface area contributed by atoms with Crippen LogP contribution in [0.1, 0.15) is 5.82 Å². The van der Waals surface area contributed by atoms with Crippen LogP contribution in [-0.4, -0.2) is 21.0 Å². The normalized spacial score (nSPS) is 10.6. The summed E-state index contributed by atoms with van der Waals surface area (Å²) >= 11 is 0. The maximum atomic E-state index is 13.5. The van der Waals surface area contributed by atoms with Gasteiger partial charge in [-0.3, -0.25) is 14.7 Å². The van der Waals surface area contributed by atoms with Crippen LogP contribution in [0, 0.1) is 15.9 Å². The Kier molecular flexibility index (Phi) is 3.33. The topological polar surface area (TPSA) is 87.0 Å². The third-order valence-electron chi connectivity index (χ3n) is 2.49. The third kappa shape index (κ3) is 2.07. The maximum Gasteiger partial charge on any atom is 0.328 e. The Morgan fingerprint density at radius 2 is 2.28 bits per heavy atom. The Bertz CT molecular complexity index is 582. The second-order valence-electron chi connectivity index (χ2n) is 3.62. The number of imidazole rings is 1. The number of nitro groups is 1. The smallest absolute Gasteiger partial charge is 0.328 e.